The topological polar surface area (TPSA) is 84.0 Å². The number of nitrogens with one attached hydrogen (secondary N) is 2. The van der Waals surface area contributed by atoms with E-state index in [0.717, 1.165) is 16.7 Å². The minimum atomic E-state index is -5.09. The van der Waals surface area contributed by atoms with E-state index in [4.69, 9.17) is 0 Å². The van der Waals surface area contributed by atoms with Gasteiger partial charge in [0.2, 0.25) is 5.95 Å². The molecule has 43 heavy (non-hydrogen) atoms. The number of aromatic nitrogens is 2. The van der Waals surface area contributed by atoms with Crippen LogP contribution < -0.4 is 10.6 Å². The second-order valence-corrected chi connectivity index (χ2v) is 9.88. The van der Waals surface area contributed by atoms with Crippen LogP contribution in [-0.2, 0) is 25.2 Å². The molecular weight excluding hydrogens is 581 g/mol. The molecule has 2 N–H and O–H groups in total. The number of amides is 2. The molecule has 222 valence electrons. The average molecular weight is 603 g/mol. The van der Waals surface area contributed by atoms with Crippen molar-refractivity contribution in [2.75, 3.05) is 5.32 Å². The van der Waals surface area contributed by atoms with Crippen molar-refractivity contribution in [2.45, 2.75) is 37.7 Å². The summed E-state index contributed by atoms with van der Waals surface area (Å²) in [6.45, 7) is 0. The number of hydrogen-bond acceptors (Lipinski definition) is 4. The molecule has 4 aromatic rings. The Bertz CT molecular complexity index is 1650. The lowest BCUT2D eigenvalue weighted by Crippen LogP contribution is -2.39. The van der Waals surface area contributed by atoms with Crippen LogP contribution >= 0.6 is 0 Å². The van der Waals surface area contributed by atoms with Crippen molar-refractivity contribution in [1.29, 1.82) is 0 Å². The Labute approximate surface area is 240 Å². The minimum absolute atomic E-state index is 0.0535. The van der Waals surface area contributed by atoms with E-state index in [1.165, 1.54) is 30.5 Å². The summed E-state index contributed by atoms with van der Waals surface area (Å²) >= 11 is 0. The highest BCUT2D eigenvalue weighted by molar-refractivity contribution is 6.04. The first-order valence-electron chi connectivity index (χ1n) is 12.9. The van der Waals surface area contributed by atoms with E-state index in [9.17, 15) is 40.3 Å². The number of fused-ring (bicyclic) bond motifs is 1. The summed E-state index contributed by atoms with van der Waals surface area (Å²) in [7, 11) is 0. The first-order chi connectivity index (χ1) is 20.3. The van der Waals surface area contributed by atoms with Crippen molar-refractivity contribution < 1.29 is 40.3 Å². The van der Waals surface area contributed by atoms with Crippen LogP contribution in [0.2, 0.25) is 0 Å². The monoisotopic (exact) mass is 602 g/mol. The molecule has 13 heteroatoms. The summed E-state index contributed by atoms with van der Waals surface area (Å²) in [5.74, 6) is -2.34. The number of alkyl halides is 6. The molecule has 1 aliphatic rings. The fourth-order valence-electron chi connectivity index (χ4n) is 4.89. The summed E-state index contributed by atoms with van der Waals surface area (Å²) in [5.41, 5.74) is -0.874. The average Bonchev–Trinajstić information content (AvgIpc) is 2.96. The molecule has 0 saturated carbocycles. The zero-order valence-electron chi connectivity index (χ0n) is 22.0. The zero-order valence-corrected chi connectivity index (χ0v) is 22.0. The van der Waals surface area contributed by atoms with Crippen LogP contribution in [-0.4, -0.2) is 27.8 Å². The number of carbonyl (C=O) groups is 2. The summed E-state index contributed by atoms with van der Waals surface area (Å²) in [6.07, 6.45) is -7.06. The molecule has 2 aromatic heterocycles. The van der Waals surface area contributed by atoms with E-state index in [1.54, 1.807) is 6.07 Å². The van der Waals surface area contributed by atoms with E-state index in [0.29, 0.717) is 37.0 Å². The highest BCUT2D eigenvalue weighted by Crippen LogP contribution is 2.37. The predicted molar refractivity (Wildman–Crippen MR) is 142 cm³/mol. The fraction of sp³-hybridized carbons (Fsp3) is 0.200. The normalized spacial score (nSPS) is 15.0. The number of halogens is 7. The van der Waals surface area contributed by atoms with Crippen LogP contribution in [0, 0.1) is 5.95 Å². The van der Waals surface area contributed by atoms with Crippen LogP contribution in [0.1, 0.15) is 49.7 Å². The van der Waals surface area contributed by atoms with Crippen LogP contribution in [0.15, 0.2) is 72.9 Å². The van der Waals surface area contributed by atoms with E-state index in [-0.39, 0.29) is 17.8 Å². The van der Waals surface area contributed by atoms with Crippen molar-refractivity contribution in [1.82, 2.24) is 15.3 Å². The number of carbonyl (C=O) groups excluding carboxylic acids is 2. The van der Waals surface area contributed by atoms with Crippen LogP contribution in [0.3, 0.4) is 0 Å². The maximum absolute atomic E-state index is 13.3. The molecule has 1 aliphatic carbocycles. The Morgan fingerprint density at radius 3 is 2.09 bits per heavy atom. The van der Waals surface area contributed by atoms with E-state index in [2.05, 4.69) is 15.3 Å². The molecule has 0 aliphatic heterocycles. The number of aryl methyl sites for hydroxylation is 1. The highest BCUT2D eigenvalue weighted by atomic mass is 19.4. The van der Waals surface area contributed by atoms with Crippen molar-refractivity contribution >= 4 is 17.5 Å². The number of benzene rings is 2. The van der Waals surface area contributed by atoms with Crippen molar-refractivity contribution in [3.8, 4) is 11.1 Å². The Morgan fingerprint density at radius 2 is 1.47 bits per heavy atom. The fourth-order valence-corrected chi connectivity index (χ4v) is 4.89. The molecule has 5 rings (SSSR count). The lowest BCUT2D eigenvalue weighted by atomic mass is 9.83. The van der Waals surface area contributed by atoms with Crippen molar-refractivity contribution in [2.24, 2.45) is 0 Å². The number of hydrogen-bond donors (Lipinski definition) is 2. The summed E-state index contributed by atoms with van der Waals surface area (Å²) in [5, 5.41) is 4.87. The molecule has 0 bridgehead atoms. The van der Waals surface area contributed by atoms with Gasteiger partial charge in [0.1, 0.15) is 11.4 Å². The molecule has 0 spiro atoms. The van der Waals surface area contributed by atoms with Gasteiger partial charge in [0.05, 0.1) is 11.1 Å². The van der Waals surface area contributed by atoms with Gasteiger partial charge in [-0.1, -0.05) is 24.3 Å². The largest absolute Gasteiger partial charge is 0.416 e. The van der Waals surface area contributed by atoms with E-state index >= 15 is 0 Å². The van der Waals surface area contributed by atoms with Crippen molar-refractivity contribution in [3.05, 3.63) is 113 Å². The number of nitrogens with zero attached hydrogens (tertiary/aromatic N) is 2. The van der Waals surface area contributed by atoms with Gasteiger partial charge in [-0.3, -0.25) is 9.59 Å². The Hall–Kier alpha value is -4.81. The van der Waals surface area contributed by atoms with Gasteiger partial charge in [-0.05, 0) is 78.4 Å². The number of rotatable bonds is 5. The van der Waals surface area contributed by atoms with Crippen molar-refractivity contribution in [3.63, 3.8) is 0 Å². The van der Waals surface area contributed by atoms with Gasteiger partial charge in [-0.25, -0.2) is 9.97 Å². The Kier molecular flexibility index (Phi) is 7.91. The smallest absolute Gasteiger partial charge is 0.348 e. The molecule has 6 nitrogen and oxygen atoms in total. The second kappa shape index (κ2) is 11.5. The van der Waals surface area contributed by atoms with Gasteiger partial charge < -0.3 is 10.6 Å². The lowest BCUT2D eigenvalue weighted by Gasteiger charge is -2.27. The molecule has 2 aromatic carbocycles. The standard InChI is InChI=1S/C30H21F7N4O2/c31-26-10-8-17(15-38-26)22-4-1-3-16-7-9-20(14-23(16)22)39-27(42)24-5-2-6-25(41-24)28(43)40-21-12-18(29(32,33)34)11-19(13-21)30(35,36)37/h1-6,8,10-13,15,20H,7,9,14H2,(H,39,42)(H,40,43). The summed E-state index contributed by atoms with van der Waals surface area (Å²) in [6, 6.07) is 12.8. The SMILES string of the molecule is O=C(Nc1cc(C(F)(F)F)cc(C(F)(F)F)c1)c1cccc(C(=O)NC2CCc3cccc(-c4ccc(F)nc4)c3C2)n1. The third-order valence-electron chi connectivity index (χ3n) is 6.92. The molecule has 0 saturated heterocycles. The number of anilines is 1. The maximum atomic E-state index is 13.3. The van der Waals surface area contributed by atoms with Crippen LogP contribution in [0.4, 0.5) is 36.4 Å². The molecule has 2 amide bonds. The molecular formula is C30H21F7N4O2. The van der Waals surface area contributed by atoms with Gasteiger partial charge in [0, 0.05) is 23.5 Å². The third kappa shape index (κ3) is 6.82. The molecule has 0 radical (unpaired) electrons. The Morgan fingerprint density at radius 1 is 0.814 bits per heavy atom. The highest BCUT2D eigenvalue weighted by Gasteiger charge is 2.37. The predicted octanol–water partition coefficient (Wildman–Crippen LogP) is 6.86. The molecule has 2 heterocycles. The molecule has 0 fully saturated rings. The lowest BCUT2D eigenvalue weighted by molar-refractivity contribution is -0.143. The van der Waals surface area contributed by atoms with Crippen LogP contribution in [0.5, 0.6) is 0 Å². The summed E-state index contributed by atoms with van der Waals surface area (Å²) < 4.78 is 92.4. The first kappa shape index (κ1) is 29.7. The Balaban J connectivity index is 1.31. The molecule has 1 unspecified atom stereocenters. The molecule has 1 atom stereocenters. The third-order valence-corrected chi connectivity index (χ3v) is 6.92. The van der Waals surface area contributed by atoms with E-state index < -0.39 is 52.6 Å². The van der Waals surface area contributed by atoms with Gasteiger partial charge in [0.25, 0.3) is 11.8 Å². The first-order valence-corrected chi connectivity index (χ1v) is 12.9. The quantitative estimate of drug-likeness (QED) is 0.193. The summed E-state index contributed by atoms with van der Waals surface area (Å²) in [4.78, 5) is 33.5. The van der Waals surface area contributed by atoms with Gasteiger partial charge in [-0.15, -0.1) is 0 Å². The minimum Gasteiger partial charge on any atom is -0.348 e. The zero-order chi connectivity index (χ0) is 30.9. The van der Waals surface area contributed by atoms with Crippen LogP contribution in [0.25, 0.3) is 11.1 Å². The maximum Gasteiger partial charge on any atom is 0.416 e. The van der Waals surface area contributed by atoms with E-state index in [1.807, 2.05) is 23.5 Å². The van der Waals surface area contributed by atoms with Gasteiger partial charge >= 0.3 is 12.4 Å². The van der Waals surface area contributed by atoms with Gasteiger partial charge in [-0.2, -0.15) is 30.7 Å². The second-order valence-electron chi connectivity index (χ2n) is 9.88. The number of pyridine rings is 2. The van der Waals surface area contributed by atoms with Gasteiger partial charge in [0.15, 0.2) is 0 Å².